The minimum Gasteiger partial charge on any atom is -0.399 e. The number of nitrogens with two attached hydrogens (primary N) is 1. The number of halogens is 2. The molecule has 17 heavy (non-hydrogen) atoms. The summed E-state index contributed by atoms with van der Waals surface area (Å²) in [5, 5.41) is 0. The van der Waals surface area contributed by atoms with Crippen molar-refractivity contribution in [2.24, 2.45) is 0 Å². The van der Waals surface area contributed by atoms with Crippen LogP contribution in [0.2, 0.25) is 0 Å². The number of anilines is 1. The van der Waals surface area contributed by atoms with E-state index < -0.39 is 22.4 Å². The van der Waals surface area contributed by atoms with E-state index in [0.29, 0.717) is 5.69 Å². The SMILES string of the molecule is CC(F)(F)CCNS(=O)(=O)c1ccc(N)cc1. The molecule has 96 valence electrons. The van der Waals surface area contributed by atoms with Crippen LogP contribution < -0.4 is 10.5 Å². The molecule has 0 unspecified atom stereocenters. The Morgan fingerprint density at radius 1 is 1.29 bits per heavy atom. The highest BCUT2D eigenvalue weighted by molar-refractivity contribution is 7.89. The van der Waals surface area contributed by atoms with Gasteiger partial charge in [-0.25, -0.2) is 21.9 Å². The van der Waals surface area contributed by atoms with Crippen LogP contribution in [0.1, 0.15) is 13.3 Å². The molecule has 7 heteroatoms. The van der Waals surface area contributed by atoms with Gasteiger partial charge in [0.05, 0.1) is 4.90 Å². The lowest BCUT2D eigenvalue weighted by molar-refractivity contribution is 0.0148. The summed E-state index contributed by atoms with van der Waals surface area (Å²) in [7, 11) is -3.74. The van der Waals surface area contributed by atoms with Gasteiger partial charge in [0.15, 0.2) is 0 Å². The van der Waals surface area contributed by atoms with E-state index in [1.54, 1.807) is 0 Å². The maximum absolute atomic E-state index is 12.5. The molecule has 4 nitrogen and oxygen atoms in total. The Labute approximate surface area is 98.9 Å². The fourth-order valence-corrected chi connectivity index (χ4v) is 2.17. The molecule has 0 saturated carbocycles. The molecular weight excluding hydrogens is 250 g/mol. The first-order chi connectivity index (χ1) is 7.71. The first kappa shape index (κ1) is 13.9. The first-order valence-corrected chi connectivity index (χ1v) is 6.42. The standard InChI is InChI=1S/C10H14F2N2O2S/c1-10(11,12)6-7-14-17(15,16)9-4-2-8(13)3-5-9/h2-5,14H,6-7,13H2,1H3. The topological polar surface area (TPSA) is 72.2 Å². The molecule has 0 amide bonds. The van der Waals surface area contributed by atoms with Gasteiger partial charge in [0, 0.05) is 18.7 Å². The Morgan fingerprint density at radius 3 is 2.29 bits per heavy atom. The molecule has 1 aromatic carbocycles. The van der Waals surface area contributed by atoms with E-state index in [9.17, 15) is 17.2 Å². The highest BCUT2D eigenvalue weighted by atomic mass is 32.2. The monoisotopic (exact) mass is 264 g/mol. The summed E-state index contributed by atoms with van der Waals surface area (Å²) < 4.78 is 50.4. The number of hydrogen-bond acceptors (Lipinski definition) is 3. The minimum atomic E-state index is -3.74. The summed E-state index contributed by atoms with van der Waals surface area (Å²) in [5.74, 6) is -2.89. The van der Waals surface area contributed by atoms with Crippen LogP contribution in [0.25, 0.3) is 0 Å². The van der Waals surface area contributed by atoms with Gasteiger partial charge in [-0.2, -0.15) is 0 Å². The largest absolute Gasteiger partial charge is 0.399 e. The van der Waals surface area contributed by atoms with Crippen molar-refractivity contribution in [2.75, 3.05) is 12.3 Å². The van der Waals surface area contributed by atoms with Crippen molar-refractivity contribution in [2.45, 2.75) is 24.2 Å². The Kier molecular flexibility index (Phi) is 4.05. The molecule has 3 N–H and O–H groups in total. The van der Waals surface area contributed by atoms with Crippen LogP contribution in [0.4, 0.5) is 14.5 Å². The van der Waals surface area contributed by atoms with E-state index in [0.717, 1.165) is 6.92 Å². The highest BCUT2D eigenvalue weighted by Crippen LogP contribution is 2.16. The van der Waals surface area contributed by atoms with Gasteiger partial charge in [0.2, 0.25) is 15.9 Å². The number of rotatable bonds is 5. The maximum Gasteiger partial charge on any atom is 0.246 e. The number of alkyl halides is 2. The zero-order chi connectivity index (χ0) is 13.1. The van der Waals surface area contributed by atoms with E-state index in [1.165, 1.54) is 24.3 Å². The lowest BCUT2D eigenvalue weighted by atomic mass is 10.3. The molecular formula is C10H14F2N2O2S. The lowest BCUT2D eigenvalue weighted by Crippen LogP contribution is -2.28. The van der Waals surface area contributed by atoms with Crippen molar-refractivity contribution >= 4 is 15.7 Å². The van der Waals surface area contributed by atoms with Crippen LogP contribution in [-0.2, 0) is 10.0 Å². The fraction of sp³-hybridized carbons (Fsp3) is 0.400. The van der Waals surface area contributed by atoms with Crippen molar-refractivity contribution in [3.05, 3.63) is 24.3 Å². The molecule has 0 spiro atoms. The average Bonchev–Trinajstić information content (AvgIpc) is 2.15. The third-order valence-corrected chi connectivity index (χ3v) is 3.52. The third kappa shape index (κ3) is 4.66. The van der Waals surface area contributed by atoms with Crippen molar-refractivity contribution in [3.63, 3.8) is 0 Å². The minimum absolute atomic E-state index is 0.00567. The van der Waals surface area contributed by atoms with E-state index in [-0.39, 0.29) is 11.4 Å². The summed E-state index contributed by atoms with van der Waals surface area (Å²) in [6.07, 6.45) is -0.540. The predicted octanol–water partition coefficient (Wildman–Crippen LogP) is 1.59. The molecule has 0 radical (unpaired) electrons. The lowest BCUT2D eigenvalue weighted by Gasteiger charge is -2.11. The van der Waals surface area contributed by atoms with Gasteiger partial charge < -0.3 is 5.73 Å². The summed E-state index contributed by atoms with van der Waals surface area (Å²) in [5.41, 5.74) is 5.85. The smallest absolute Gasteiger partial charge is 0.246 e. The number of nitrogen functional groups attached to an aromatic ring is 1. The number of sulfonamides is 1. The zero-order valence-electron chi connectivity index (χ0n) is 9.28. The Morgan fingerprint density at radius 2 is 1.82 bits per heavy atom. The summed E-state index contributed by atoms with van der Waals surface area (Å²) >= 11 is 0. The van der Waals surface area contributed by atoms with Crippen molar-refractivity contribution in [1.82, 2.24) is 4.72 Å². The second-order valence-electron chi connectivity index (χ2n) is 3.79. The molecule has 0 aliphatic carbocycles. The molecule has 0 heterocycles. The van der Waals surface area contributed by atoms with Crippen LogP contribution in [-0.4, -0.2) is 20.9 Å². The van der Waals surface area contributed by atoms with Crippen LogP contribution in [0.3, 0.4) is 0 Å². The number of hydrogen-bond donors (Lipinski definition) is 2. The molecule has 0 aliphatic rings. The van der Waals surface area contributed by atoms with Gasteiger partial charge in [-0.05, 0) is 31.2 Å². The van der Waals surface area contributed by atoms with Gasteiger partial charge in [0.25, 0.3) is 0 Å². The third-order valence-electron chi connectivity index (χ3n) is 2.05. The molecule has 1 rings (SSSR count). The first-order valence-electron chi connectivity index (χ1n) is 4.94. The summed E-state index contributed by atoms with van der Waals surface area (Å²) in [6, 6.07) is 5.51. The highest BCUT2D eigenvalue weighted by Gasteiger charge is 2.22. The van der Waals surface area contributed by atoms with E-state index in [1.807, 2.05) is 0 Å². The van der Waals surface area contributed by atoms with Crippen LogP contribution in [0, 0.1) is 0 Å². The molecule has 0 fully saturated rings. The van der Waals surface area contributed by atoms with E-state index in [2.05, 4.69) is 4.72 Å². The number of benzene rings is 1. The van der Waals surface area contributed by atoms with Crippen LogP contribution in [0.5, 0.6) is 0 Å². The Balaban J connectivity index is 2.66. The fourth-order valence-electron chi connectivity index (χ4n) is 1.14. The molecule has 0 atom stereocenters. The van der Waals surface area contributed by atoms with E-state index >= 15 is 0 Å². The predicted molar refractivity (Wildman–Crippen MR) is 61.3 cm³/mol. The van der Waals surface area contributed by atoms with E-state index in [4.69, 9.17) is 5.73 Å². The van der Waals surface area contributed by atoms with Crippen molar-refractivity contribution in [1.29, 1.82) is 0 Å². The Bertz CT molecular complexity index is 466. The van der Waals surface area contributed by atoms with Gasteiger partial charge in [0.1, 0.15) is 0 Å². The van der Waals surface area contributed by atoms with Crippen LogP contribution in [0.15, 0.2) is 29.2 Å². The van der Waals surface area contributed by atoms with Crippen LogP contribution >= 0.6 is 0 Å². The Hall–Kier alpha value is -1.21. The van der Waals surface area contributed by atoms with Gasteiger partial charge in [-0.15, -0.1) is 0 Å². The molecule has 0 bridgehead atoms. The normalized spacial score (nSPS) is 12.6. The maximum atomic E-state index is 12.5. The molecule has 0 saturated heterocycles. The van der Waals surface area contributed by atoms with Gasteiger partial charge in [-0.1, -0.05) is 0 Å². The summed E-state index contributed by atoms with van der Waals surface area (Å²) in [4.78, 5) is 0.00567. The van der Waals surface area contributed by atoms with Gasteiger partial charge >= 0.3 is 0 Å². The van der Waals surface area contributed by atoms with Crippen molar-refractivity contribution < 1.29 is 17.2 Å². The summed E-state index contributed by atoms with van der Waals surface area (Å²) in [6.45, 7) is 0.431. The average molecular weight is 264 g/mol. The quantitative estimate of drug-likeness (QED) is 0.793. The second kappa shape index (κ2) is 4.97. The molecule has 1 aromatic rings. The van der Waals surface area contributed by atoms with Crippen molar-refractivity contribution in [3.8, 4) is 0 Å². The second-order valence-corrected chi connectivity index (χ2v) is 5.55. The molecule has 0 aliphatic heterocycles. The number of nitrogens with one attached hydrogen (secondary N) is 1. The van der Waals surface area contributed by atoms with Gasteiger partial charge in [-0.3, -0.25) is 0 Å². The molecule has 0 aromatic heterocycles. The zero-order valence-corrected chi connectivity index (χ0v) is 10.1.